The molecule has 0 saturated carbocycles. The lowest BCUT2D eigenvalue weighted by Crippen LogP contribution is -2.45. The molecule has 0 aromatic carbocycles. The fourth-order valence-electron chi connectivity index (χ4n) is 2.08. The molecule has 0 radical (unpaired) electrons. The van der Waals surface area contributed by atoms with Crippen LogP contribution in [0.25, 0.3) is 11.0 Å². The number of ether oxygens (including phenoxy) is 1. The number of nitrogens with zero attached hydrogens (tertiary/aromatic N) is 2. The fraction of sp³-hybridized carbons (Fsp3) is 0.417. The number of hydrazine groups is 1. The first-order chi connectivity index (χ1) is 8.43. The molecule has 0 aliphatic carbocycles. The second-order valence-electron chi connectivity index (χ2n) is 4.15. The van der Waals surface area contributed by atoms with Gasteiger partial charge in [-0.25, -0.2) is 9.99 Å². The van der Waals surface area contributed by atoms with Crippen LogP contribution in [0.15, 0.2) is 24.5 Å². The first-order valence-electron chi connectivity index (χ1n) is 5.91. The number of rotatable bonds is 3. The van der Waals surface area contributed by atoms with Gasteiger partial charge in [0.15, 0.2) is 0 Å². The number of nitrogens with one attached hydrogen (secondary N) is 2. The molecule has 0 bridgehead atoms. The maximum absolute atomic E-state index is 5.31. The van der Waals surface area contributed by atoms with Crippen molar-refractivity contribution in [2.45, 2.75) is 6.54 Å². The highest BCUT2D eigenvalue weighted by Gasteiger charge is 2.10. The summed E-state index contributed by atoms with van der Waals surface area (Å²) in [6, 6.07) is 4.06. The molecule has 2 aromatic heterocycles. The van der Waals surface area contributed by atoms with Crippen molar-refractivity contribution in [1.29, 1.82) is 0 Å². The lowest BCUT2D eigenvalue weighted by Gasteiger charge is -2.27. The van der Waals surface area contributed by atoms with Crippen LogP contribution in [-0.2, 0) is 11.3 Å². The van der Waals surface area contributed by atoms with Crippen LogP contribution >= 0.6 is 0 Å². The van der Waals surface area contributed by atoms with E-state index in [1.165, 1.54) is 10.9 Å². The van der Waals surface area contributed by atoms with Gasteiger partial charge >= 0.3 is 0 Å². The lowest BCUT2D eigenvalue weighted by atomic mass is 10.2. The molecular formula is C12H16N4O. The SMILES string of the molecule is c1cnc2[nH]cc(CNN3CCOCC3)c2c1. The minimum absolute atomic E-state index is 0.808. The maximum atomic E-state index is 5.31. The second kappa shape index (κ2) is 4.83. The number of morpholine rings is 1. The zero-order chi connectivity index (χ0) is 11.5. The van der Waals surface area contributed by atoms with E-state index in [1.807, 2.05) is 12.3 Å². The van der Waals surface area contributed by atoms with Crippen molar-refractivity contribution >= 4 is 11.0 Å². The molecule has 2 aromatic rings. The van der Waals surface area contributed by atoms with Gasteiger partial charge in [0.2, 0.25) is 0 Å². The van der Waals surface area contributed by atoms with Crippen LogP contribution in [0.1, 0.15) is 5.56 Å². The Morgan fingerprint density at radius 2 is 2.29 bits per heavy atom. The average Bonchev–Trinajstić information content (AvgIpc) is 2.81. The third-order valence-electron chi connectivity index (χ3n) is 3.04. The zero-order valence-corrected chi connectivity index (χ0v) is 9.65. The van der Waals surface area contributed by atoms with E-state index in [-0.39, 0.29) is 0 Å². The first-order valence-corrected chi connectivity index (χ1v) is 5.91. The molecule has 17 heavy (non-hydrogen) atoms. The minimum Gasteiger partial charge on any atom is -0.379 e. The van der Waals surface area contributed by atoms with Crippen LogP contribution in [0.3, 0.4) is 0 Å². The standard InChI is InChI=1S/C12H16N4O/c1-2-11-10(8-14-12(11)13-3-1)9-15-16-4-6-17-7-5-16/h1-3,8,15H,4-7,9H2,(H,13,14). The summed E-state index contributed by atoms with van der Waals surface area (Å²) in [5, 5.41) is 3.40. The third kappa shape index (κ3) is 2.31. The summed E-state index contributed by atoms with van der Waals surface area (Å²) in [4.78, 5) is 7.46. The van der Waals surface area contributed by atoms with E-state index in [9.17, 15) is 0 Å². The smallest absolute Gasteiger partial charge is 0.137 e. The summed E-state index contributed by atoms with van der Waals surface area (Å²) in [5.41, 5.74) is 5.62. The van der Waals surface area contributed by atoms with Crippen LogP contribution in [-0.4, -0.2) is 41.3 Å². The minimum atomic E-state index is 0.808. The number of fused-ring (bicyclic) bond motifs is 1. The van der Waals surface area contributed by atoms with Gasteiger partial charge in [0.25, 0.3) is 0 Å². The summed E-state index contributed by atoms with van der Waals surface area (Å²) in [6.07, 6.45) is 3.82. The number of aromatic nitrogens is 2. The monoisotopic (exact) mass is 232 g/mol. The van der Waals surface area contributed by atoms with Crippen LogP contribution in [0.2, 0.25) is 0 Å². The average molecular weight is 232 g/mol. The predicted molar refractivity (Wildman–Crippen MR) is 65.3 cm³/mol. The number of H-pyrrole nitrogens is 1. The summed E-state index contributed by atoms with van der Waals surface area (Å²) in [5.74, 6) is 0. The predicted octanol–water partition coefficient (Wildman–Crippen LogP) is 0.900. The van der Waals surface area contributed by atoms with Crippen LogP contribution < -0.4 is 5.43 Å². The first kappa shape index (κ1) is 10.7. The summed E-state index contributed by atoms with van der Waals surface area (Å²) in [7, 11) is 0. The molecule has 5 nitrogen and oxygen atoms in total. The van der Waals surface area contributed by atoms with Gasteiger partial charge < -0.3 is 9.72 Å². The number of pyridine rings is 1. The van der Waals surface area contributed by atoms with Crippen molar-refractivity contribution in [2.24, 2.45) is 0 Å². The van der Waals surface area contributed by atoms with E-state index < -0.39 is 0 Å². The summed E-state index contributed by atoms with van der Waals surface area (Å²) < 4.78 is 5.31. The Balaban J connectivity index is 1.68. The maximum Gasteiger partial charge on any atom is 0.137 e. The Labute approximate surface area is 99.8 Å². The molecule has 1 fully saturated rings. The quantitative estimate of drug-likeness (QED) is 0.825. The van der Waals surface area contributed by atoms with Crippen molar-refractivity contribution in [2.75, 3.05) is 26.3 Å². The molecule has 90 valence electrons. The Kier molecular flexibility index (Phi) is 3.04. The van der Waals surface area contributed by atoms with E-state index in [0.717, 1.165) is 38.5 Å². The molecule has 5 heteroatoms. The summed E-state index contributed by atoms with van der Waals surface area (Å²) in [6.45, 7) is 4.33. The van der Waals surface area contributed by atoms with E-state index in [4.69, 9.17) is 4.74 Å². The van der Waals surface area contributed by atoms with Crippen molar-refractivity contribution < 1.29 is 4.74 Å². The van der Waals surface area contributed by atoms with Gasteiger partial charge in [-0.1, -0.05) is 0 Å². The number of hydrogen-bond donors (Lipinski definition) is 2. The van der Waals surface area contributed by atoms with Crippen molar-refractivity contribution in [3.05, 3.63) is 30.1 Å². The van der Waals surface area contributed by atoms with Gasteiger partial charge in [-0.15, -0.1) is 0 Å². The van der Waals surface area contributed by atoms with Gasteiger partial charge in [-0.05, 0) is 17.7 Å². The third-order valence-corrected chi connectivity index (χ3v) is 3.04. The van der Waals surface area contributed by atoms with Gasteiger partial charge in [0.1, 0.15) is 5.65 Å². The lowest BCUT2D eigenvalue weighted by molar-refractivity contribution is 0.0106. The molecule has 0 unspecified atom stereocenters. The normalized spacial score (nSPS) is 17.6. The van der Waals surface area contributed by atoms with Crippen LogP contribution in [0.5, 0.6) is 0 Å². The van der Waals surface area contributed by atoms with Crippen molar-refractivity contribution in [1.82, 2.24) is 20.4 Å². The number of hydrogen-bond acceptors (Lipinski definition) is 4. The highest BCUT2D eigenvalue weighted by atomic mass is 16.5. The van der Waals surface area contributed by atoms with E-state index in [0.29, 0.717) is 0 Å². The highest BCUT2D eigenvalue weighted by molar-refractivity contribution is 5.79. The van der Waals surface area contributed by atoms with E-state index in [2.05, 4.69) is 26.5 Å². The highest BCUT2D eigenvalue weighted by Crippen LogP contribution is 2.15. The van der Waals surface area contributed by atoms with Gasteiger partial charge in [0.05, 0.1) is 13.2 Å². The molecule has 3 rings (SSSR count). The van der Waals surface area contributed by atoms with Crippen LogP contribution in [0, 0.1) is 0 Å². The number of aromatic amines is 1. The van der Waals surface area contributed by atoms with E-state index in [1.54, 1.807) is 6.20 Å². The Morgan fingerprint density at radius 3 is 3.18 bits per heavy atom. The molecule has 0 atom stereocenters. The van der Waals surface area contributed by atoms with Crippen molar-refractivity contribution in [3.63, 3.8) is 0 Å². The molecule has 1 aliphatic heterocycles. The molecule has 1 aliphatic rings. The molecular weight excluding hydrogens is 216 g/mol. The Bertz CT molecular complexity index is 490. The van der Waals surface area contributed by atoms with Gasteiger partial charge in [0, 0.05) is 37.4 Å². The molecule has 3 heterocycles. The van der Waals surface area contributed by atoms with E-state index >= 15 is 0 Å². The van der Waals surface area contributed by atoms with Crippen molar-refractivity contribution in [3.8, 4) is 0 Å². The summed E-state index contributed by atoms with van der Waals surface area (Å²) >= 11 is 0. The van der Waals surface area contributed by atoms with Gasteiger partial charge in [-0.2, -0.15) is 0 Å². The fourth-order valence-corrected chi connectivity index (χ4v) is 2.08. The van der Waals surface area contributed by atoms with Crippen LogP contribution in [0.4, 0.5) is 0 Å². The Hall–Kier alpha value is -1.43. The van der Waals surface area contributed by atoms with Gasteiger partial charge in [-0.3, -0.25) is 5.43 Å². The largest absolute Gasteiger partial charge is 0.379 e. The zero-order valence-electron chi connectivity index (χ0n) is 9.65. The second-order valence-corrected chi connectivity index (χ2v) is 4.15. The molecule has 0 amide bonds. The topological polar surface area (TPSA) is 53.2 Å². The Morgan fingerprint density at radius 1 is 1.41 bits per heavy atom. The molecule has 2 N–H and O–H groups in total. The molecule has 1 saturated heterocycles. The molecule has 0 spiro atoms.